The Morgan fingerprint density at radius 3 is 1.18 bits per heavy atom. The summed E-state index contributed by atoms with van der Waals surface area (Å²) >= 11 is 6.88. The summed E-state index contributed by atoms with van der Waals surface area (Å²) in [5.74, 6) is -1.67. The van der Waals surface area contributed by atoms with E-state index in [0.29, 0.717) is 25.7 Å². The average molecular weight is 1210 g/mol. The van der Waals surface area contributed by atoms with E-state index in [-0.39, 0.29) is 87.0 Å². The number of nitrogens with one attached hydrogen (secondary N) is 6. The molecule has 16 nitrogen and oxygen atoms in total. The molecule has 84 heavy (non-hydrogen) atoms. The molecule has 0 radical (unpaired) electrons. The van der Waals surface area contributed by atoms with Crippen LogP contribution < -0.4 is 43.4 Å². The average Bonchev–Trinajstić information content (AvgIpc) is 4.20. The third kappa shape index (κ3) is 19.6. The van der Waals surface area contributed by atoms with Gasteiger partial charge in [-0.1, -0.05) is 84.9 Å². The lowest BCUT2D eigenvalue weighted by molar-refractivity contribution is -0.129. The third-order valence-corrected chi connectivity index (χ3v) is 18.2. The van der Waals surface area contributed by atoms with E-state index in [1.165, 1.54) is 53.5 Å². The minimum absolute atomic E-state index is 0.104. The fraction of sp³-hybridized carbons (Fsp3) is 0.281. The molecule has 0 saturated carbocycles. The molecule has 0 aliphatic carbocycles. The molecule has 0 saturated heterocycles. The Morgan fingerprint density at radius 1 is 0.417 bits per heavy atom. The van der Waals surface area contributed by atoms with Gasteiger partial charge in [0.2, 0.25) is 35.4 Å². The maximum Gasteiger partial charge on any atom is 0.242 e. The van der Waals surface area contributed by atoms with Gasteiger partial charge in [0.15, 0.2) is 0 Å². The molecule has 6 amide bonds. The maximum atomic E-state index is 13.3. The van der Waals surface area contributed by atoms with Crippen molar-refractivity contribution in [3.63, 3.8) is 0 Å². The highest BCUT2D eigenvalue weighted by atomic mass is 32.1. The predicted octanol–water partition coefficient (Wildman–Crippen LogP) is 8.05. The van der Waals surface area contributed by atoms with E-state index in [0.717, 1.165) is 46.2 Å². The van der Waals surface area contributed by atoms with E-state index < -0.39 is 36.0 Å². The van der Waals surface area contributed by atoms with E-state index in [2.05, 4.69) is 79.1 Å². The Bertz CT molecular complexity index is 3190. The molecule has 0 unspecified atom stereocenters. The van der Waals surface area contributed by atoms with Crippen molar-refractivity contribution < 1.29 is 39.0 Å². The first kappa shape index (κ1) is 62.1. The number of phenolic OH excluding ortho intramolecular Hbond substituents is 2. The molecule has 0 aliphatic rings. The number of phenols is 2. The number of rotatable bonds is 31. The second-order valence-corrected chi connectivity index (χ2v) is 24.5. The number of carbonyl (C=O) groups excluding carboxylic acids is 6. The molecule has 0 bridgehead atoms. The molecule has 0 aliphatic heterocycles. The Balaban J connectivity index is 0.709. The molecule has 4 heterocycles. The van der Waals surface area contributed by atoms with Gasteiger partial charge in [-0.15, -0.1) is 45.3 Å². The molecule has 20 heteroatoms. The number of carbonyl (C=O) groups is 6. The number of amides is 6. The maximum absolute atomic E-state index is 13.3. The highest BCUT2D eigenvalue weighted by Crippen LogP contribution is 2.41. The van der Waals surface area contributed by atoms with E-state index in [1.54, 1.807) is 69.6 Å². The Hall–Kier alpha value is -7.98. The second-order valence-electron chi connectivity index (χ2n) is 20.4. The van der Waals surface area contributed by atoms with Crippen molar-refractivity contribution in [2.75, 3.05) is 26.2 Å². The van der Waals surface area contributed by atoms with Crippen molar-refractivity contribution in [3.05, 3.63) is 188 Å². The summed E-state index contributed by atoms with van der Waals surface area (Å²) in [6.45, 7) is 0.861. The Kier molecular flexibility index (Phi) is 23.4. The van der Waals surface area contributed by atoms with E-state index in [4.69, 9.17) is 11.5 Å². The molecule has 438 valence electrons. The largest absolute Gasteiger partial charge is 0.508 e. The lowest BCUT2D eigenvalue weighted by Gasteiger charge is -2.21. The van der Waals surface area contributed by atoms with Crippen molar-refractivity contribution in [1.29, 1.82) is 0 Å². The van der Waals surface area contributed by atoms with Crippen LogP contribution in [0.4, 0.5) is 0 Å². The first-order chi connectivity index (χ1) is 40.7. The van der Waals surface area contributed by atoms with Gasteiger partial charge in [0.25, 0.3) is 0 Å². The quantitative estimate of drug-likeness (QED) is 0.0187. The summed E-state index contributed by atoms with van der Waals surface area (Å²) in [5, 5.41) is 40.7. The zero-order valence-corrected chi connectivity index (χ0v) is 49.6. The zero-order chi connectivity index (χ0) is 59.2. The number of hydrogen-bond donors (Lipinski definition) is 10. The fourth-order valence-corrected chi connectivity index (χ4v) is 13.4. The number of hydrogen-bond acceptors (Lipinski definition) is 14. The Morgan fingerprint density at radius 2 is 0.786 bits per heavy atom. The van der Waals surface area contributed by atoms with Crippen LogP contribution in [-0.4, -0.2) is 96.0 Å². The van der Waals surface area contributed by atoms with Crippen molar-refractivity contribution in [2.24, 2.45) is 11.5 Å². The molecule has 8 rings (SSSR count). The lowest BCUT2D eigenvalue weighted by atomic mass is 10.0. The minimum Gasteiger partial charge on any atom is -0.508 e. The van der Waals surface area contributed by atoms with Crippen LogP contribution in [0.15, 0.2) is 156 Å². The van der Waals surface area contributed by atoms with Crippen molar-refractivity contribution in [1.82, 2.24) is 31.9 Å². The monoisotopic (exact) mass is 1210 g/mol. The van der Waals surface area contributed by atoms with Crippen molar-refractivity contribution in [2.45, 2.75) is 88.4 Å². The molecular formula is C64H70N8O8S4. The van der Waals surface area contributed by atoms with Gasteiger partial charge in [-0.25, -0.2) is 0 Å². The number of thiophene rings is 4. The van der Waals surface area contributed by atoms with Gasteiger partial charge in [-0.05, 0) is 121 Å². The SMILES string of the molecule is N[C@@H](Cc1ccc(O)cc1)C(=O)N[C@@H](Cc1ccccc1)C(=O)NCCNC(=O)CCCc1ccc(-c2csc(-c3cc(-c4ccc(CCCC(=O)NCCNC(=O)[C@H](Cc5ccccc5)NC(=O)[C@@H](N)Cc5ccc(O)cc5)s4)cs3)c2)s1. The first-order valence-corrected chi connectivity index (χ1v) is 31.3. The highest BCUT2D eigenvalue weighted by molar-refractivity contribution is 7.21. The smallest absolute Gasteiger partial charge is 0.242 e. The van der Waals surface area contributed by atoms with Crippen LogP contribution >= 0.6 is 45.3 Å². The first-order valence-electron chi connectivity index (χ1n) is 27.9. The van der Waals surface area contributed by atoms with Crippen molar-refractivity contribution >= 4 is 80.8 Å². The third-order valence-electron chi connectivity index (χ3n) is 13.8. The fourth-order valence-electron chi connectivity index (χ4n) is 9.20. The van der Waals surface area contributed by atoms with Gasteiger partial charge < -0.3 is 53.6 Å². The standard InChI is InChI=1S/C64H70N8O8S4/c65-51(33-43-17-21-47(73)22-18-43)61(77)71-53(35-41-9-3-1-4-10-41)63(79)69-31-29-67-59(75)15-7-13-49-25-27-55(83-49)45-37-57(81-39-45)58-38-46(40-82-58)56-28-26-50(84-56)14-8-16-60(76)68-30-32-70-64(80)54(36-42-11-5-2-6-12-42)72-62(78)52(66)34-44-19-23-48(74)24-20-44/h1-6,9-12,17-28,37-40,51-54,73-74H,7-8,13-16,29-36,65-66H2,(H,67,75)(H,68,76)(H,69,79)(H,70,80)(H,71,77)(H,72,78)/t51-,52-,53-,54-/m0/s1. The van der Waals surface area contributed by atoms with Gasteiger partial charge in [0.1, 0.15) is 23.6 Å². The lowest BCUT2D eigenvalue weighted by Crippen LogP contribution is -2.53. The molecule has 4 atom stereocenters. The number of benzene rings is 4. The molecule has 4 aromatic heterocycles. The zero-order valence-electron chi connectivity index (χ0n) is 46.4. The second kappa shape index (κ2) is 31.6. The molecular weight excluding hydrogens is 1140 g/mol. The van der Waals surface area contributed by atoms with Gasteiger partial charge in [-0.2, -0.15) is 0 Å². The van der Waals surface area contributed by atoms with Crippen LogP contribution in [0, 0.1) is 0 Å². The van der Waals surface area contributed by atoms with Crippen LogP contribution in [0.5, 0.6) is 11.5 Å². The summed E-state index contributed by atoms with van der Waals surface area (Å²) in [6.07, 6.45) is 4.56. The van der Waals surface area contributed by atoms with E-state index in [1.807, 2.05) is 60.7 Å². The number of aryl methyl sites for hydroxylation is 2. The predicted molar refractivity (Wildman–Crippen MR) is 336 cm³/mol. The van der Waals surface area contributed by atoms with Crippen LogP contribution in [0.2, 0.25) is 0 Å². The summed E-state index contributed by atoms with van der Waals surface area (Å²) < 4.78 is 0. The molecule has 8 aromatic rings. The van der Waals surface area contributed by atoms with E-state index in [9.17, 15) is 39.0 Å². The van der Waals surface area contributed by atoms with Gasteiger partial charge in [0, 0.05) is 103 Å². The normalized spacial score (nSPS) is 12.5. The summed E-state index contributed by atoms with van der Waals surface area (Å²) in [5.41, 5.74) is 18.0. The molecule has 0 fully saturated rings. The molecule has 0 spiro atoms. The molecule has 4 aromatic carbocycles. The van der Waals surface area contributed by atoms with Crippen molar-refractivity contribution in [3.8, 4) is 42.1 Å². The van der Waals surface area contributed by atoms with E-state index >= 15 is 0 Å². The van der Waals surface area contributed by atoms with Crippen LogP contribution in [0.1, 0.15) is 57.7 Å². The van der Waals surface area contributed by atoms with Crippen LogP contribution in [-0.2, 0) is 67.3 Å². The van der Waals surface area contributed by atoms with Crippen LogP contribution in [0.25, 0.3) is 30.6 Å². The van der Waals surface area contributed by atoms with Crippen LogP contribution in [0.3, 0.4) is 0 Å². The summed E-state index contributed by atoms with van der Waals surface area (Å²) in [7, 11) is 0. The Labute approximate surface area is 505 Å². The van der Waals surface area contributed by atoms with Gasteiger partial charge >= 0.3 is 0 Å². The number of aromatic hydroxyl groups is 2. The van der Waals surface area contributed by atoms with Gasteiger partial charge in [0.05, 0.1) is 12.1 Å². The topological polar surface area (TPSA) is 267 Å². The summed E-state index contributed by atoms with van der Waals surface area (Å²) in [4.78, 5) is 85.6. The molecule has 12 N–H and O–H groups in total. The highest BCUT2D eigenvalue weighted by Gasteiger charge is 2.26. The van der Waals surface area contributed by atoms with Gasteiger partial charge in [-0.3, -0.25) is 28.8 Å². The minimum atomic E-state index is -0.902. The number of nitrogens with two attached hydrogens (primary N) is 2. The summed E-state index contributed by atoms with van der Waals surface area (Å²) in [6, 6.07) is 41.1.